The molecule has 1 atom stereocenters. The minimum atomic E-state index is 0.501. The zero-order chi connectivity index (χ0) is 13.1. The normalized spacial score (nSPS) is 18.2. The van der Waals surface area contributed by atoms with Crippen molar-refractivity contribution in [2.24, 2.45) is 0 Å². The molecule has 2 aromatic carbocycles. The van der Waals surface area contributed by atoms with Gasteiger partial charge in [0.1, 0.15) is 0 Å². The summed E-state index contributed by atoms with van der Waals surface area (Å²) in [5.74, 6) is 0. The van der Waals surface area contributed by atoms with E-state index in [-0.39, 0.29) is 0 Å². The summed E-state index contributed by atoms with van der Waals surface area (Å²) in [4.78, 5) is 0. The Balaban J connectivity index is 2.00. The van der Waals surface area contributed by atoms with Crippen LogP contribution in [0.15, 0.2) is 48.6 Å². The Kier molecular flexibility index (Phi) is 3.20. The van der Waals surface area contributed by atoms with Gasteiger partial charge in [-0.15, -0.1) is 0 Å². The third-order valence-corrected chi connectivity index (χ3v) is 3.67. The maximum atomic E-state index is 9.17. The maximum absolute atomic E-state index is 9.17. The van der Waals surface area contributed by atoms with Gasteiger partial charge in [0.25, 0.3) is 0 Å². The summed E-state index contributed by atoms with van der Waals surface area (Å²) in [7, 11) is 0. The highest BCUT2D eigenvalue weighted by molar-refractivity contribution is 5.97. The minimum absolute atomic E-state index is 0.501. The second kappa shape index (κ2) is 5.16. The molecule has 2 heteroatoms. The molecule has 0 fully saturated rings. The standard InChI is InChI=1S/C17H16N2/c18-12-13-10-11-17(16-9-5-4-8-15(13)16)19-14-6-2-1-3-7-14/h1-2,4-5,8-11,14,19H,3,6-7H2. The number of hydrogen-bond acceptors (Lipinski definition) is 2. The van der Waals surface area contributed by atoms with Crippen LogP contribution in [0.1, 0.15) is 24.8 Å². The van der Waals surface area contributed by atoms with E-state index in [4.69, 9.17) is 5.26 Å². The van der Waals surface area contributed by atoms with Gasteiger partial charge in [-0.3, -0.25) is 0 Å². The fraction of sp³-hybridized carbons (Fsp3) is 0.235. The third kappa shape index (κ3) is 2.32. The molecule has 19 heavy (non-hydrogen) atoms. The molecule has 0 aliphatic heterocycles. The molecule has 0 saturated heterocycles. The van der Waals surface area contributed by atoms with Crippen LogP contribution in [-0.4, -0.2) is 6.04 Å². The van der Waals surface area contributed by atoms with Crippen molar-refractivity contribution < 1.29 is 0 Å². The lowest BCUT2D eigenvalue weighted by molar-refractivity contribution is 0.645. The van der Waals surface area contributed by atoms with E-state index in [0.29, 0.717) is 6.04 Å². The molecule has 1 N–H and O–H groups in total. The number of nitrogens with one attached hydrogen (secondary N) is 1. The number of fused-ring (bicyclic) bond motifs is 1. The fourth-order valence-electron chi connectivity index (χ4n) is 2.67. The Labute approximate surface area is 113 Å². The van der Waals surface area contributed by atoms with Crippen LogP contribution in [0, 0.1) is 11.3 Å². The first kappa shape index (κ1) is 11.8. The maximum Gasteiger partial charge on any atom is 0.0998 e. The highest BCUT2D eigenvalue weighted by atomic mass is 14.9. The van der Waals surface area contributed by atoms with Gasteiger partial charge < -0.3 is 5.32 Å². The van der Waals surface area contributed by atoms with Crippen molar-refractivity contribution in [3.05, 3.63) is 54.1 Å². The zero-order valence-electron chi connectivity index (χ0n) is 10.8. The van der Waals surface area contributed by atoms with Crippen molar-refractivity contribution in [3.63, 3.8) is 0 Å². The van der Waals surface area contributed by atoms with Gasteiger partial charge in [0.05, 0.1) is 11.6 Å². The van der Waals surface area contributed by atoms with Gasteiger partial charge in [0.15, 0.2) is 0 Å². The Bertz CT molecular complexity index is 665. The van der Waals surface area contributed by atoms with E-state index in [9.17, 15) is 0 Å². The molecule has 1 unspecified atom stereocenters. The molecule has 0 radical (unpaired) electrons. The number of nitriles is 1. The number of benzene rings is 2. The monoisotopic (exact) mass is 248 g/mol. The Hall–Kier alpha value is -2.27. The van der Waals surface area contributed by atoms with Gasteiger partial charge in [-0.1, -0.05) is 36.4 Å². The Morgan fingerprint density at radius 1 is 1.05 bits per heavy atom. The molecule has 1 aliphatic carbocycles. The van der Waals surface area contributed by atoms with Crippen molar-refractivity contribution in [2.45, 2.75) is 25.3 Å². The van der Waals surface area contributed by atoms with Gasteiger partial charge >= 0.3 is 0 Å². The minimum Gasteiger partial charge on any atom is -0.381 e. The molecule has 0 bridgehead atoms. The molecule has 0 spiro atoms. The summed E-state index contributed by atoms with van der Waals surface area (Å²) >= 11 is 0. The molecule has 94 valence electrons. The van der Waals surface area contributed by atoms with Crippen LogP contribution in [0.5, 0.6) is 0 Å². The van der Waals surface area contributed by atoms with E-state index in [1.807, 2.05) is 30.3 Å². The number of allylic oxidation sites excluding steroid dienone is 1. The SMILES string of the molecule is N#Cc1ccc(NC2CC=CCC2)c2ccccc12. The molecule has 0 amide bonds. The van der Waals surface area contributed by atoms with Crippen LogP contribution < -0.4 is 5.32 Å². The summed E-state index contributed by atoms with van der Waals surface area (Å²) in [5, 5.41) is 14.9. The quantitative estimate of drug-likeness (QED) is 0.807. The number of hydrogen-bond donors (Lipinski definition) is 1. The van der Waals surface area contributed by atoms with Crippen LogP contribution in [-0.2, 0) is 0 Å². The smallest absolute Gasteiger partial charge is 0.0998 e. The van der Waals surface area contributed by atoms with Gasteiger partial charge in [0, 0.05) is 22.5 Å². The molecular weight excluding hydrogens is 232 g/mol. The number of nitrogens with zero attached hydrogens (tertiary/aromatic N) is 1. The van der Waals surface area contributed by atoms with Crippen LogP contribution in [0.3, 0.4) is 0 Å². The summed E-state index contributed by atoms with van der Waals surface area (Å²) < 4.78 is 0. The topological polar surface area (TPSA) is 35.8 Å². The highest BCUT2D eigenvalue weighted by Crippen LogP contribution is 2.28. The van der Waals surface area contributed by atoms with Gasteiger partial charge in [-0.05, 0) is 31.4 Å². The Morgan fingerprint density at radius 3 is 2.63 bits per heavy atom. The van der Waals surface area contributed by atoms with E-state index in [2.05, 4.69) is 29.6 Å². The Morgan fingerprint density at radius 2 is 1.89 bits per heavy atom. The predicted molar refractivity (Wildman–Crippen MR) is 79.1 cm³/mol. The van der Waals surface area contributed by atoms with Crippen LogP contribution in [0.2, 0.25) is 0 Å². The molecule has 2 nitrogen and oxygen atoms in total. The number of anilines is 1. The first-order chi connectivity index (χ1) is 9.38. The summed E-state index contributed by atoms with van der Waals surface area (Å²) in [5.41, 5.74) is 1.87. The second-order valence-electron chi connectivity index (χ2n) is 4.94. The predicted octanol–water partition coefficient (Wildman–Crippen LogP) is 4.23. The van der Waals surface area contributed by atoms with Gasteiger partial charge in [-0.25, -0.2) is 0 Å². The van der Waals surface area contributed by atoms with Crippen molar-refractivity contribution >= 4 is 16.5 Å². The largest absolute Gasteiger partial charge is 0.381 e. The van der Waals surface area contributed by atoms with Crippen LogP contribution in [0.25, 0.3) is 10.8 Å². The van der Waals surface area contributed by atoms with Gasteiger partial charge in [0.2, 0.25) is 0 Å². The molecule has 0 heterocycles. The third-order valence-electron chi connectivity index (χ3n) is 3.67. The number of rotatable bonds is 2. The van der Waals surface area contributed by atoms with Crippen LogP contribution >= 0.6 is 0 Å². The van der Waals surface area contributed by atoms with Crippen molar-refractivity contribution in [1.82, 2.24) is 0 Å². The molecule has 0 saturated carbocycles. The average Bonchev–Trinajstić information content (AvgIpc) is 2.49. The van der Waals surface area contributed by atoms with E-state index in [0.717, 1.165) is 34.9 Å². The van der Waals surface area contributed by atoms with E-state index >= 15 is 0 Å². The van der Waals surface area contributed by atoms with Gasteiger partial charge in [-0.2, -0.15) is 5.26 Å². The summed E-state index contributed by atoms with van der Waals surface area (Å²) in [6.45, 7) is 0. The van der Waals surface area contributed by atoms with E-state index in [1.54, 1.807) is 0 Å². The van der Waals surface area contributed by atoms with Crippen LogP contribution in [0.4, 0.5) is 5.69 Å². The lowest BCUT2D eigenvalue weighted by Gasteiger charge is -2.21. The summed E-state index contributed by atoms with van der Waals surface area (Å²) in [6, 6.07) is 14.8. The zero-order valence-corrected chi connectivity index (χ0v) is 10.8. The van der Waals surface area contributed by atoms with Crippen molar-refractivity contribution in [3.8, 4) is 6.07 Å². The highest BCUT2D eigenvalue weighted by Gasteiger charge is 2.12. The second-order valence-corrected chi connectivity index (χ2v) is 4.94. The molecule has 3 rings (SSSR count). The molecule has 2 aromatic rings. The average molecular weight is 248 g/mol. The van der Waals surface area contributed by atoms with E-state index < -0.39 is 0 Å². The first-order valence-corrected chi connectivity index (χ1v) is 6.72. The van der Waals surface area contributed by atoms with Crippen molar-refractivity contribution in [2.75, 3.05) is 5.32 Å². The molecular formula is C17H16N2. The fourth-order valence-corrected chi connectivity index (χ4v) is 2.67. The molecule has 0 aromatic heterocycles. The van der Waals surface area contributed by atoms with Crippen molar-refractivity contribution in [1.29, 1.82) is 5.26 Å². The first-order valence-electron chi connectivity index (χ1n) is 6.72. The lowest BCUT2D eigenvalue weighted by Crippen LogP contribution is -2.20. The lowest BCUT2D eigenvalue weighted by atomic mass is 9.99. The van der Waals surface area contributed by atoms with E-state index in [1.165, 1.54) is 6.42 Å². The summed E-state index contributed by atoms with van der Waals surface area (Å²) in [6.07, 6.45) is 7.88. The molecule has 1 aliphatic rings.